The Morgan fingerprint density at radius 3 is 2.76 bits per heavy atom. The number of hydrogen-bond acceptors (Lipinski definition) is 5. The molecule has 3 rings (SSSR count). The highest BCUT2D eigenvalue weighted by molar-refractivity contribution is 7.98. The van der Waals surface area contributed by atoms with Crippen molar-refractivity contribution < 1.29 is 9.21 Å². The number of nitrogens with zero attached hydrogens (tertiary/aromatic N) is 1. The maximum atomic E-state index is 12.7. The Labute approximate surface area is 155 Å². The van der Waals surface area contributed by atoms with Gasteiger partial charge in [-0.1, -0.05) is 12.1 Å². The number of amides is 1. The molecule has 0 saturated carbocycles. The van der Waals surface area contributed by atoms with Crippen LogP contribution in [0, 0.1) is 13.8 Å². The average Bonchev–Trinajstić information content (AvgIpc) is 3.21. The van der Waals surface area contributed by atoms with Gasteiger partial charge in [0.05, 0.1) is 22.3 Å². The monoisotopic (exact) mass is 372 g/mol. The molecule has 1 unspecified atom stereocenters. The van der Waals surface area contributed by atoms with E-state index in [9.17, 15) is 4.79 Å². The normalized spacial score (nSPS) is 12.1. The van der Waals surface area contributed by atoms with Crippen LogP contribution in [0.3, 0.4) is 0 Å². The van der Waals surface area contributed by atoms with Crippen molar-refractivity contribution in [1.82, 2.24) is 10.3 Å². The molecule has 1 aromatic carbocycles. The first-order chi connectivity index (χ1) is 12.0. The third-order valence-electron chi connectivity index (χ3n) is 3.71. The van der Waals surface area contributed by atoms with E-state index in [2.05, 4.69) is 15.7 Å². The van der Waals surface area contributed by atoms with Gasteiger partial charge < -0.3 is 9.73 Å². The fourth-order valence-electron chi connectivity index (χ4n) is 2.44. The predicted octanol–water partition coefficient (Wildman–Crippen LogP) is 5.14. The largest absolute Gasteiger partial charge is 0.464 e. The van der Waals surface area contributed by atoms with Crippen LogP contribution < -0.4 is 5.32 Å². The Morgan fingerprint density at radius 2 is 2.08 bits per heavy atom. The number of aromatic nitrogens is 1. The molecule has 1 atom stereocenters. The third-order valence-corrected chi connectivity index (χ3v) is 5.64. The summed E-state index contributed by atoms with van der Waals surface area (Å²) in [5.74, 6) is 2.25. The number of furan rings is 1. The first-order valence-corrected chi connectivity index (χ1v) is 9.89. The van der Waals surface area contributed by atoms with Crippen LogP contribution in [0.2, 0.25) is 0 Å². The summed E-state index contributed by atoms with van der Waals surface area (Å²) in [5.41, 5.74) is 1.72. The van der Waals surface area contributed by atoms with E-state index in [1.54, 1.807) is 23.1 Å². The van der Waals surface area contributed by atoms with Crippen LogP contribution in [0.15, 0.2) is 51.1 Å². The summed E-state index contributed by atoms with van der Waals surface area (Å²) < 4.78 is 5.59. The van der Waals surface area contributed by atoms with Crippen LogP contribution in [-0.2, 0) is 5.75 Å². The number of carbonyl (C=O) groups excluding carboxylic acids is 1. The highest BCUT2D eigenvalue weighted by atomic mass is 32.2. The molecule has 0 aliphatic heterocycles. The Balaban J connectivity index is 1.69. The zero-order chi connectivity index (χ0) is 17.8. The number of rotatable bonds is 6. The van der Waals surface area contributed by atoms with E-state index in [1.165, 1.54) is 0 Å². The van der Waals surface area contributed by atoms with Crippen molar-refractivity contribution in [3.8, 4) is 0 Å². The summed E-state index contributed by atoms with van der Waals surface area (Å²) in [6, 6.07) is 11.3. The molecular weight excluding hydrogens is 352 g/mol. The van der Waals surface area contributed by atoms with Gasteiger partial charge in [0, 0.05) is 16.0 Å². The van der Waals surface area contributed by atoms with Crippen LogP contribution >= 0.6 is 23.1 Å². The van der Waals surface area contributed by atoms with Crippen LogP contribution in [0.4, 0.5) is 0 Å². The van der Waals surface area contributed by atoms with Crippen molar-refractivity contribution >= 4 is 29.0 Å². The highest BCUT2D eigenvalue weighted by Gasteiger charge is 2.17. The van der Waals surface area contributed by atoms with Crippen molar-refractivity contribution in [1.29, 1.82) is 0 Å². The molecule has 0 radical (unpaired) electrons. The molecule has 0 spiro atoms. The fourth-order valence-corrected chi connectivity index (χ4v) is 4.10. The second kappa shape index (κ2) is 7.89. The topological polar surface area (TPSA) is 55.1 Å². The minimum absolute atomic E-state index is 0.0980. The molecule has 25 heavy (non-hydrogen) atoms. The lowest BCUT2D eigenvalue weighted by Gasteiger charge is -2.13. The lowest BCUT2D eigenvalue weighted by Crippen LogP contribution is -2.26. The molecule has 0 fully saturated rings. The van der Waals surface area contributed by atoms with Gasteiger partial charge in [0.15, 0.2) is 0 Å². The molecule has 4 nitrogen and oxygen atoms in total. The maximum Gasteiger partial charge on any atom is 0.252 e. The van der Waals surface area contributed by atoms with Gasteiger partial charge >= 0.3 is 0 Å². The summed E-state index contributed by atoms with van der Waals surface area (Å²) in [5, 5.41) is 6.13. The van der Waals surface area contributed by atoms with Gasteiger partial charge in [0.1, 0.15) is 11.5 Å². The smallest absolute Gasteiger partial charge is 0.252 e. The van der Waals surface area contributed by atoms with E-state index < -0.39 is 0 Å². The van der Waals surface area contributed by atoms with Crippen LogP contribution in [0.25, 0.3) is 0 Å². The summed E-state index contributed by atoms with van der Waals surface area (Å²) in [6.07, 6.45) is 0. The van der Waals surface area contributed by atoms with Crippen LogP contribution in [-0.4, -0.2) is 10.9 Å². The second-order valence-electron chi connectivity index (χ2n) is 5.79. The van der Waals surface area contributed by atoms with Crippen molar-refractivity contribution in [3.63, 3.8) is 0 Å². The lowest BCUT2D eigenvalue weighted by molar-refractivity contribution is 0.0932. The molecule has 1 N–H and O–H groups in total. The first kappa shape index (κ1) is 17.8. The SMILES string of the molecule is Cc1ccc(C(C)NC(=O)c2ccccc2SCc2csc(C)n2)o1. The van der Waals surface area contributed by atoms with Gasteiger partial charge in [-0.15, -0.1) is 23.1 Å². The van der Waals surface area contributed by atoms with E-state index in [-0.39, 0.29) is 11.9 Å². The molecule has 2 aromatic heterocycles. The van der Waals surface area contributed by atoms with E-state index in [1.807, 2.05) is 57.2 Å². The number of thioether (sulfide) groups is 1. The fraction of sp³-hybridized carbons (Fsp3) is 0.263. The molecule has 6 heteroatoms. The van der Waals surface area contributed by atoms with Crippen molar-refractivity contribution in [2.45, 2.75) is 37.5 Å². The van der Waals surface area contributed by atoms with Crippen molar-refractivity contribution in [2.24, 2.45) is 0 Å². The molecular formula is C19H20N2O2S2. The average molecular weight is 373 g/mol. The van der Waals surface area contributed by atoms with Gasteiger partial charge in [-0.05, 0) is 45.0 Å². The summed E-state index contributed by atoms with van der Waals surface area (Å²) >= 11 is 3.27. The number of aryl methyl sites for hydroxylation is 2. The lowest BCUT2D eigenvalue weighted by atomic mass is 10.2. The highest BCUT2D eigenvalue weighted by Crippen LogP contribution is 2.27. The van der Waals surface area contributed by atoms with E-state index in [0.29, 0.717) is 5.56 Å². The number of hydrogen-bond donors (Lipinski definition) is 1. The van der Waals surface area contributed by atoms with Crippen LogP contribution in [0.1, 0.15) is 45.5 Å². The summed E-state index contributed by atoms with van der Waals surface area (Å²) in [4.78, 5) is 18.1. The number of carbonyl (C=O) groups is 1. The third kappa shape index (κ3) is 4.52. The van der Waals surface area contributed by atoms with Gasteiger partial charge in [-0.25, -0.2) is 4.98 Å². The zero-order valence-electron chi connectivity index (χ0n) is 14.4. The van der Waals surface area contributed by atoms with Crippen molar-refractivity contribution in [2.75, 3.05) is 0 Å². The number of nitrogens with one attached hydrogen (secondary N) is 1. The minimum Gasteiger partial charge on any atom is -0.464 e. The Kier molecular flexibility index (Phi) is 5.60. The summed E-state index contributed by atoms with van der Waals surface area (Å²) in [6.45, 7) is 5.81. The molecule has 3 aromatic rings. The van der Waals surface area contributed by atoms with E-state index >= 15 is 0 Å². The van der Waals surface area contributed by atoms with E-state index in [4.69, 9.17) is 4.42 Å². The molecule has 0 saturated heterocycles. The van der Waals surface area contributed by atoms with Gasteiger partial charge in [0.25, 0.3) is 5.91 Å². The second-order valence-corrected chi connectivity index (χ2v) is 7.87. The molecule has 130 valence electrons. The predicted molar refractivity (Wildman–Crippen MR) is 102 cm³/mol. The first-order valence-electron chi connectivity index (χ1n) is 8.03. The Hall–Kier alpha value is -2.05. The molecule has 1 amide bonds. The quantitative estimate of drug-likeness (QED) is 0.609. The molecule has 2 heterocycles. The Bertz CT molecular complexity index is 870. The molecule has 0 bridgehead atoms. The summed E-state index contributed by atoms with van der Waals surface area (Å²) in [7, 11) is 0. The van der Waals surface area contributed by atoms with Crippen LogP contribution in [0.5, 0.6) is 0 Å². The molecule has 0 aliphatic rings. The number of thiazole rings is 1. The molecule has 0 aliphatic carbocycles. The standard InChI is InChI=1S/C19H20N2O2S2/c1-12-8-9-17(23-12)13(2)20-19(22)16-6-4-5-7-18(16)25-11-15-10-24-14(3)21-15/h4-10,13H,11H2,1-3H3,(H,20,22). The van der Waals surface area contributed by atoms with Gasteiger partial charge in [-0.3, -0.25) is 4.79 Å². The maximum absolute atomic E-state index is 12.7. The Morgan fingerprint density at radius 1 is 1.28 bits per heavy atom. The minimum atomic E-state index is -0.180. The van der Waals surface area contributed by atoms with Gasteiger partial charge in [0.2, 0.25) is 0 Å². The number of benzene rings is 1. The van der Waals surface area contributed by atoms with Crippen molar-refractivity contribution in [3.05, 3.63) is 69.6 Å². The zero-order valence-corrected chi connectivity index (χ0v) is 16.0. The van der Waals surface area contributed by atoms with Gasteiger partial charge in [-0.2, -0.15) is 0 Å². The van der Waals surface area contributed by atoms with E-state index in [0.717, 1.165) is 32.9 Å².